The Labute approximate surface area is 124 Å². The fourth-order valence-corrected chi connectivity index (χ4v) is 4.58. The Morgan fingerprint density at radius 3 is 1.81 bits per heavy atom. The largest absolute Gasteiger partial charge is 0.537 e. The van der Waals surface area contributed by atoms with Crippen molar-refractivity contribution in [3.63, 3.8) is 0 Å². The van der Waals surface area contributed by atoms with Crippen LogP contribution in [0.15, 0.2) is 30.3 Å². The van der Waals surface area contributed by atoms with Crippen LogP contribution in [0.5, 0.6) is 0 Å². The molecule has 21 heavy (non-hydrogen) atoms. The van der Waals surface area contributed by atoms with E-state index in [4.69, 9.17) is 13.3 Å². The summed E-state index contributed by atoms with van der Waals surface area (Å²) in [7, 11) is -3.63. The van der Waals surface area contributed by atoms with Gasteiger partial charge in [0.1, 0.15) is 6.61 Å². The van der Waals surface area contributed by atoms with Crippen molar-refractivity contribution in [2.45, 2.75) is 46.1 Å². The van der Waals surface area contributed by atoms with E-state index in [1.165, 1.54) is 0 Å². The quantitative estimate of drug-likeness (QED) is 0.721. The third kappa shape index (κ3) is 6.17. The lowest BCUT2D eigenvalue weighted by molar-refractivity contribution is -0.165. The fraction of sp³-hybridized carbons (Fsp3) is 0.571. The van der Waals surface area contributed by atoms with Gasteiger partial charge in [-0.05, 0) is 27.7 Å². The lowest BCUT2D eigenvalue weighted by Gasteiger charge is -2.33. The molecular weight excluding hydrogens is 301 g/mol. The van der Waals surface area contributed by atoms with E-state index in [1.807, 2.05) is 0 Å². The van der Waals surface area contributed by atoms with Gasteiger partial charge in [0.05, 0.1) is 0 Å². The van der Waals surface area contributed by atoms with Gasteiger partial charge in [0.25, 0.3) is 0 Å². The van der Waals surface area contributed by atoms with Crippen molar-refractivity contribution in [3.8, 4) is 0 Å². The maximum Gasteiger partial charge on any atom is 0.537 e. The topological polar surface area (TPSA) is 27.7 Å². The molecule has 0 N–H and O–H groups in total. The van der Waals surface area contributed by atoms with Crippen LogP contribution in [0.3, 0.4) is 0 Å². The van der Waals surface area contributed by atoms with Crippen molar-refractivity contribution in [2.75, 3.05) is 6.61 Å². The molecule has 0 atom stereocenters. The van der Waals surface area contributed by atoms with Crippen LogP contribution in [-0.2, 0) is 13.3 Å². The van der Waals surface area contributed by atoms with E-state index < -0.39 is 21.6 Å². The Morgan fingerprint density at radius 1 is 0.952 bits per heavy atom. The minimum Gasteiger partial charge on any atom is -0.367 e. The molecule has 120 valence electrons. The molecule has 0 spiro atoms. The molecule has 0 fully saturated rings. The number of hydrogen-bond acceptors (Lipinski definition) is 3. The highest BCUT2D eigenvalue weighted by molar-refractivity contribution is 6.75. The molecule has 1 aromatic carbocycles. The van der Waals surface area contributed by atoms with Gasteiger partial charge in [-0.3, -0.25) is 0 Å². The summed E-state index contributed by atoms with van der Waals surface area (Å²) in [5, 5.41) is 0.525. The molecule has 0 heterocycles. The highest BCUT2D eigenvalue weighted by atomic mass is 28.4. The van der Waals surface area contributed by atoms with Gasteiger partial charge in [0.2, 0.25) is 0 Å². The van der Waals surface area contributed by atoms with E-state index in [9.17, 15) is 13.2 Å². The van der Waals surface area contributed by atoms with Crippen LogP contribution in [-0.4, -0.2) is 33.8 Å². The van der Waals surface area contributed by atoms with Crippen LogP contribution in [0.25, 0.3) is 0 Å². The predicted molar refractivity (Wildman–Crippen MR) is 76.3 cm³/mol. The number of alkyl halides is 3. The molecule has 0 bridgehead atoms. The Balaban J connectivity index is 3.14. The third-order valence-electron chi connectivity index (χ3n) is 2.33. The van der Waals surface area contributed by atoms with Crippen LogP contribution in [0.1, 0.15) is 27.7 Å². The van der Waals surface area contributed by atoms with E-state index in [0.29, 0.717) is 5.19 Å². The SMILES string of the molecule is CC(C)O[Si](OCC(F)(F)F)(OC(C)C)c1ccccc1. The molecule has 0 aliphatic carbocycles. The molecule has 0 aliphatic rings. The van der Waals surface area contributed by atoms with E-state index >= 15 is 0 Å². The van der Waals surface area contributed by atoms with Gasteiger partial charge in [0.15, 0.2) is 0 Å². The summed E-state index contributed by atoms with van der Waals surface area (Å²) < 4.78 is 54.3. The highest BCUT2D eigenvalue weighted by Crippen LogP contribution is 2.21. The zero-order valence-electron chi connectivity index (χ0n) is 12.6. The lowest BCUT2D eigenvalue weighted by Crippen LogP contribution is -2.60. The Kier molecular flexibility index (Phi) is 6.39. The summed E-state index contributed by atoms with van der Waals surface area (Å²) in [4.78, 5) is 0. The lowest BCUT2D eigenvalue weighted by atomic mass is 10.4. The summed E-state index contributed by atoms with van der Waals surface area (Å²) in [6.45, 7) is 5.57. The van der Waals surface area contributed by atoms with Crippen LogP contribution < -0.4 is 5.19 Å². The van der Waals surface area contributed by atoms with Gasteiger partial charge in [-0.25, -0.2) is 0 Å². The summed E-state index contributed by atoms with van der Waals surface area (Å²) in [5.74, 6) is 0. The number of benzene rings is 1. The maximum absolute atomic E-state index is 12.6. The van der Waals surface area contributed by atoms with Gasteiger partial charge < -0.3 is 13.3 Å². The molecule has 0 amide bonds. The Bertz CT molecular complexity index is 411. The van der Waals surface area contributed by atoms with Crippen LogP contribution in [0, 0.1) is 0 Å². The molecule has 0 radical (unpaired) electrons. The standard InChI is InChI=1S/C14H21F3O3Si/c1-11(2)19-21(20-12(3)4,18-10-14(15,16)17)13-8-6-5-7-9-13/h5-9,11-12H,10H2,1-4H3. The second-order valence-electron chi connectivity index (χ2n) is 5.16. The second kappa shape index (κ2) is 7.39. The van der Waals surface area contributed by atoms with Crippen LogP contribution >= 0.6 is 0 Å². The number of hydrogen-bond donors (Lipinski definition) is 0. The monoisotopic (exact) mass is 322 g/mol. The third-order valence-corrected chi connectivity index (χ3v) is 5.46. The molecule has 7 heteroatoms. The van der Waals surface area contributed by atoms with Gasteiger partial charge in [0, 0.05) is 17.4 Å². The summed E-state index contributed by atoms with van der Waals surface area (Å²) in [6, 6.07) is 8.57. The van der Waals surface area contributed by atoms with Crippen molar-refractivity contribution in [1.29, 1.82) is 0 Å². The van der Waals surface area contributed by atoms with E-state index in [1.54, 1.807) is 58.0 Å². The molecular formula is C14H21F3O3Si. The van der Waals surface area contributed by atoms with E-state index in [-0.39, 0.29) is 12.2 Å². The van der Waals surface area contributed by atoms with Gasteiger partial charge >= 0.3 is 15.0 Å². The van der Waals surface area contributed by atoms with Crippen molar-refractivity contribution in [2.24, 2.45) is 0 Å². The Hall–Kier alpha value is -0.893. The van der Waals surface area contributed by atoms with Gasteiger partial charge in [-0.15, -0.1) is 0 Å². The summed E-state index contributed by atoms with van der Waals surface area (Å²) in [6.07, 6.45) is -5.07. The first-order chi connectivity index (χ1) is 9.65. The van der Waals surface area contributed by atoms with Crippen molar-refractivity contribution < 1.29 is 26.4 Å². The molecule has 0 saturated heterocycles. The molecule has 0 aromatic heterocycles. The molecule has 0 unspecified atom stereocenters. The minimum atomic E-state index is -4.44. The molecule has 3 nitrogen and oxygen atoms in total. The molecule has 0 saturated carbocycles. The van der Waals surface area contributed by atoms with E-state index in [0.717, 1.165) is 0 Å². The van der Waals surface area contributed by atoms with Crippen LogP contribution in [0.4, 0.5) is 13.2 Å². The first-order valence-electron chi connectivity index (χ1n) is 6.76. The van der Waals surface area contributed by atoms with Crippen molar-refractivity contribution >= 4 is 14.0 Å². The Morgan fingerprint density at radius 2 is 1.43 bits per heavy atom. The normalized spacial score (nSPS) is 13.2. The molecule has 1 rings (SSSR count). The number of rotatable bonds is 7. The molecule has 0 aliphatic heterocycles. The number of halogens is 3. The average molecular weight is 322 g/mol. The first-order valence-corrected chi connectivity index (χ1v) is 8.49. The highest BCUT2D eigenvalue weighted by Gasteiger charge is 2.48. The van der Waals surface area contributed by atoms with Gasteiger partial charge in [-0.2, -0.15) is 13.2 Å². The van der Waals surface area contributed by atoms with Crippen molar-refractivity contribution in [1.82, 2.24) is 0 Å². The molecule has 1 aromatic rings. The second-order valence-corrected chi connectivity index (χ2v) is 7.61. The van der Waals surface area contributed by atoms with Gasteiger partial charge in [-0.1, -0.05) is 30.3 Å². The van der Waals surface area contributed by atoms with Crippen LogP contribution in [0.2, 0.25) is 0 Å². The maximum atomic E-state index is 12.6. The summed E-state index contributed by atoms with van der Waals surface area (Å²) in [5.41, 5.74) is 0. The smallest absolute Gasteiger partial charge is 0.367 e. The minimum absolute atomic E-state index is 0.316. The zero-order valence-corrected chi connectivity index (χ0v) is 13.6. The average Bonchev–Trinajstić information content (AvgIpc) is 2.35. The van der Waals surface area contributed by atoms with E-state index in [2.05, 4.69) is 0 Å². The zero-order chi connectivity index (χ0) is 16.1. The first kappa shape index (κ1) is 18.2. The summed E-state index contributed by atoms with van der Waals surface area (Å²) >= 11 is 0. The fourth-order valence-electron chi connectivity index (χ4n) is 1.75. The predicted octanol–water partition coefficient (Wildman–Crippen LogP) is 3.26. The van der Waals surface area contributed by atoms with Crippen molar-refractivity contribution in [3.05, 3.63) is 30.3 Å².